The van der Waals surface area contributed by atoms with Crippen molar-refractivity contribution in [1.29, 1.82) is 0 Å². The Morgan fingerprint density at radius 1 is 1.09 bits per heavy atom. The molecule has 2 aliphatic heterocycles. The largest absolute Gasteiger partial charge is 0.493 e. The van der Waals surface area contributed by atoms with Gasteiger partial charge in [-0.2, -0.15) is 0 Å². The van der Waals surface area contributed by atoms with Crippen molar-refractivity contribution in [3.8, 4) is 11.5 Å². The zero-order valence-corrected chi connectivity index (χ0v) is 19.4. The van der Waals surface area contributed by atoms with Crippen molar-refractivity contribution < 1.29 is 19.0 Å². The fourth-order valence-electron chi connectivity index (χ4n) is 5.20. The molecule has 2 atom stereocenters. The van der Waals surface area contributed by atoms with Gasteiger partial charge < -0.3 is 24.4 Å². The fraction of sp³-hybridized carbons (Fsp3) is 0.519. The van der Waals surface area contributed by atoms with Crippen LogP contribution in [0.25, 0.3) is 0 Å². The van der Waals surface area contributed by atoms with E-state index >= 15 is 0 Å². The number of rotatable bonds is 8. The van der Waals surface area contributed by atoms with Crippen LogP contribution >= 0.6 is 0 Å². The summed E-state index contributed by atoms with van der Waals surface area (Å²) in [7, 11) is 1.68. The van der Waals surface area contributed by atoms with Crippen LogP contribution in [0.15, 0.2) is 42.5 Å². The minimum absolute atomic E-state index is 0.140. The number of benzene rings is 2. The van der Waals surface area contributed by atoms with Crippen LogP contribution in [0.3, 0.4) is 0 Å². The van der Waals surface area contributed by atoms with E-state index in [4.69, 9.17) is 14.2 Å². The molecule has 1 aliphatic carbocycles. The van der Waals surface area contributed by atoms with E-state index in [1.807, 2.05) is 23.1 Å². The van der Waals surface area contributed by atoms with E-state index in [-0.39, 0.29) is 17.9 Å². The molecule has 1 unspecified atom stereocenters. The summed E-state index contributed by atoms with van der Waals surface area (Å²) in [6, 6.07) is 14.3. The maximum Gasteiger partial charge on any atom is 0.227 e. The Morgan fingerprint density at radius 3 is 2.76 bits per heavy atom. The molecule has 1 N–H and O–H groups in total. The summed E-state index contributed by atoms with van der Waals surface area (Å²) in [6.45, 7) is 3.26. The van der Waals surface area contributed by atoms with Crippen molar-refractivity contribution in [3.05, 3.63) is 48.0 Å². The summed E-state index contributed by atoms with van der Waals surface area (Å²) >= 11 is 0. The van der Waals surface area contributed by atoms with Gasteiger partial charge in [0.15, 0.2) is 11.5 Å². The number of carbonyl (C=O) groups is 1. The van der Waals surface area contributed by atoms with Gasteiger partial charge in [-0.1, -0.05) is 12.1 Å². The van der Waals surface area contributed by atoms with Crippen molar-refractivity contribution >= 4 is 17.3 Å². The van der Waals surface area contributed by atoms with Crippen molar-refractivity contribution in [2.75, 3.05) is 43.6 Å². The average Bonchev–Trinajstić information content (AvgIpc) is 3.61. The lowest BCUT2D eigenvalue weighted by molar-refractivity contribution is -0.117. The maximum absolute atomic E-state index is 13.0. The third-order valence-electron chi connectivity index (χ3n) is 7.16. The molecule has 2 aromatic carbocycles. The van der Waals surface area contributed by atoms with E-state index in [1.165, 1.54) is 12.8 Å². The van der Waals surface area contributed by atoms with Gasteiger partial charge in [0.05, 0.1) is 19.8 Å². The van der Waals surface area contributed by atoms with E-state index < -0.39 is 0 Å². The SMILES string of the molecule is COc1ccc([C@H]2CC(=O)N(c3cccc(NCC4CCOC4)c3)C2)cc1OC1CCCC1. The minimum atomic E-state index is 0.140. The first-order valence-corrected chi connectivity index (χ1v) is 12.3. The number of hydrogen-bond donors (Lipinski definition) is 1. The molecule has 6 heteroatoms. The molecule has 6 nitrogen and oxygen atoms in total. The molecule has 2 heterocycles. The van der Waals surface area contributed by atoms with Crippen LogP contribution in [0.5, 0.6) is 11.5 Å². The molecule has 33 heavy (non-hydrogen) atoms. The first kappa shape index (κ1) is 22.1. The van der Waals surface area contributed by atoms with Crippen LogP contribution in [0.4, 0.5) is 11.4 Å². The number of nitrogens with one attached hydrogen (secondary N) is 1. The summed E-state index contributed by atoms with van der Waals surface area (Å²) in [5, 5.41) is 3.51. The van der Waals surface area contributed by atoms with Gasteiger partial charge in [-0.05, 0) is 68.0 Å². The van der Waals surface area contributed by atoms with Gasteiger partial charge in [-0.25, -0.2) is 0 Å². The topological polar surface area (TPSA) is 60.0 Å². The number of carbonyl (C=O) groups excluding carboxylic acids is 1. The second-order valence-corrected chi connectivity index (χ2v) is 9.50. The minimum Gasteiger partial charge on any atom is -0.493 e. The van der Waals surface area contributed by atoms with Gasteiger partial charge in [0.2, 0.25) is 5.91 Å². The lowest BCUT2D eigenvalue weighted by Crippen LogP contribution is -2.24. The summed E-state index contributed by atoms with van der Waals surface area (Å²) < 4.78 is 17.3. The van der Waals surface area contributed by atoms with Crippen LogP contribution in [-0.2, 0) is 9.53 Å². The predicted molar refractivity (Wildman–Crippen MR) is 129 cm³/mol. The quantitative estimate of drug-likeness (QED) is 0.614. The number of methoxy groups -OCH3 is 1. The highest BCUT2D eigenvalue weighted by Gasteiger charge is 2.32. The number of ether oxygens (including phenoxy) is 3. The molecule has 5 rings (SSSR count). The first-order chi connectivity index (χ1) is 16.2. The number of nitrogens with zero attached hydrogens (tertiary/aromatic N) is 1. The normalized spacial score (nSPS) is 23.3. The third-order valence-corrected chi connectivity index (χ3v) is 7.16. The second kappa shape index (κ2) is 10.0. The molecule has 0 bridgehead atoms. The maximum atomic E-state index is 13.0. The fourth-order valence-corrected chi connectivity index (χ4v) is 5.20. The predicted octanol–water partition coefficient (Wildman–Crippen LogP) is 4.99. The third kappa shape index (κ3) is 5.11. The van der Waals surface area contributed by atoms with E-state index in [1.54, 1.807) is 7.11 Å². The van der Waals surface area contributed by atoms with E-state index in [2.05, 4.69) is 29.6 Å². The number of hydrogen-bond acceptors (Lipinski definition) is 5. The monoisotopic (exact) mass is 450 g/mol. The molecule has 3 aliphatic rings. The molecule has 2 saturated heterocycles. The molecule has 1 saturated carbocycles. The Hall–Kier alpha value is -2.73. The summed E-state index contributed by atoms with van der Waals surface area (Å²) in [5.74, 6) is 2.42. The number of anilines is 2. The van der Waals surface area contributed by atoms with Gasteiger partial charge in [0.25, 0.3) is 0 Å². The first-order valence-electron chi connectivity index (χ1n) is 12.3. The Balaban J connectivity index is 1.28. The van der Waals surface area contributed by atoms with Gasteiger partial charge in [-0.3, -0.25) is 4.79 Å². The van der Waals surface area contributed by atoms with Crippen LogP contribution < -0.4 is 19.7 Å². The summed E-state index contributed by atoms with van der Waals surface area (Å²) in [5.41, 5.74) is 3.13. The molecular formula is C27H34N2O4. The zero-order chi connectivity index (χ0) is 22.6. The Kier molecular flexibility index (Phi) is 6.72. The van der Waals surface area contributed by atoms with Crippen LogP contribution in [0, 0.1) is 5.92 Å². The second-order valence-electron chi connectivity index (χ2n) is 9.50. The Morgan fingerprint density at radius 2 is 1.97 bits per heavy atom. The summed E-state index contributed by atoms with van der Waals surface area (Å²) in [6.07, 6.45) is 6.52. The standard InChI is InChI=1S/C27H34N2O4/c1-31-25-10-9-20(13-26(25)33-24-7-2-3-8-24)21-14-27(30)29(17-21)23-6-4-5-22(15-23)28-16-19-11-12-32-18-19/h4-6,9-10,13,15,19,21,24,28H,2-3,7-8,11-12,14,16-18H2,1H3/t19?,21-/m0/s1. The van der Waals surface area contributed by atoms with E-state index in [0.29, 0.717) is 18.9 Å². The molecule has 2 aromatic rings. The Labute approximate surface area is 196 Å². The molecular weight excluding hydrogens is 416 g/mol. The van der Waals surface area contributed by atoms with Gasteiger partial charge in [0, 0.05) is 49.3 Å². The highest BCUT2D eigenvalue weighted by atomic mass is 16.5. The lowest BCUT2D eigenvalue weighted by Gasteiger charge is -2.20. The van der Waals surface area contributed by atoms with Crippen LogP contribution in [0.1, 0.15) is 50.0 Å². The van der Waals surface area contributed by atoms with E-state index in [9.17, 15) is 4.79 Å². The molecule has 0 spiro atoms. The van der Waals surface area contributed by atoms with Crippen LogP contribution in [0.2, 0.25) is 0 Å². The van der Waals surface area contributed by atoms with Gasteiger partial charge in [0.1, 0.15) is 0 Å². The molecule has 1 amide bonds. The summed E-state index contributed by atoms with van der Waals surface area (Å²) in [4.78, 5) is 14.9. The van der Waals surface area contributed by atoms with Crippen molar-refractivity contribution in [2.45, 2.75) is 50.5 Å². The Bertz CT molecular complexity index is 966. The average molecular weight is 451 g/mol. The van der Waals surface area contributed by atoms with Gasteiger partial charge >= 0.3 is 0 Å². The van der Waals surface area contributed by atoms with E-state index in [0.717, 1.165) is 67.5 Å². The smallest absolute Gasteiger partial charge is 0.227 e. The highest BCUT2D eigenvalue weighted by Crippen LogP contribution is 2.38. The van der Waals surface area contributed by atoms with Crippen LogP contribution in [-0.4, -0.2) is 45.4 Å². The lowest BCUT2D eigenvalue weighted by atomic mass is 9.98. The van der Waals surface area contributed by atoms with Crippen molar-refractivity contribution in [1.82, 2.24) is 0 Å². The van der Waals surface area contributed by atoms with Crippen molar-refractivity contribution in [3.63, 3.8) is 0 Å². The van der Waals surface area contributed by atoms with Gasteiger partial charge in [-0.15, -0.1) is 0 Å². The van der Waals surface area contributed by atoms with Crippen molar-refractivity contribution in [2.24, 2.45) is 5.92 Å². The zero-order valence-electron chi connectivity index (χ0n) is 19.4. The molecule has 3 fully saturated rings. The molecule has 176 valence electrons. The molecule has 0 aromatic heterocycles. The molecule has 0 radical (unpaired) electrons. The number of amides is 1. The highest BCUT2D eigenvalue weighted by molar-refractivity contribution is 5.97.